The molecule has 1 aromatic carbocycles. The van der Waals surface area contributed by atoms with Gasteiger partial charge in [-0.05, 0) is 37.0 Å². The number of aliphatic carboxylic acids is 1. The summed E-state index contributed by atoms with van der Waals surface area (Å²) in [5.74, 6) is -0.408. The monoisotopic (exact) mass is 271 g/mol. The van der Waals surface area contributed by atoms with E-state index in [2.05, 4.69) is 0 Å². The Morgan fingerprint density at radius 3 is 2.82 bits per heavy atom. The summed E-state index contributed by atoms with van der Waals surface area (Å²) in [6, 6.07) is 7.37. The molecule has 0 saturated heterocycles. The summed E-state index contributed by atoms with van der Waals surface area (Å²) in [6.07, 6.45) is 1.83. The first-order valence-electron chi connectivity index (χ1n) is 5.43. The molecule has 0 aromatic heterocycles. The lowest BCUT2D eigenvalue weighted by atomic mass is 9.98. The molecule has 0 spiro atoms. The lowest BCUT2D eigenvalue weighted by molar-refractivity contribution is -0.143. The largest absolute Gasteiger partial charge is 0.480 e. The smallest absolute Gasteiger partial charge is 0.324 e. The van der Waals surface area contributed by atoms with Crippen LogP contribution in [0.4, 0.5) is 0 Å². The number of hydrogen-bond acceptors (Lipinski definition) is 3. The van der Waals surface area contributed by atoms with Crippen molar-refractivity contribution in [1.29, 1.82) is 0 Å². The molecule has 1 atom stereocenters. The Labute approximate surface area is 109 Å². The molecule has 0 radical (unpaired) electrons. The standard InChI is InChI=1S/C12H14ClNO2S/c13-9-2-1-3-10(6-9)17-7-12(14,11(15)16)8-4-5-8/h1-3,6,8H,4-5,7,14H2,(H,15,16). The van der Waals surface area contributed by atoms with Crippen molar-refractivity contribution in [2.24, 2.45) is 11.7 Å². The third-order valence-electron chi connectivity index (χ3n) is 2.98. The van der Waals surface area contributed by atoms with Crippen LogP contribution in [0.25, 0.3) is 0 Å². The quantitative estimate of drug-likeness (QED) is 0.808. The van der Waals surface area contributed by atoms with Gasteiger partial charge >= 0.3 is 5.97 Å². The van der Waals surface area contributed by atoms with E-state index in [1.54, 1.807) is 6.07 Å². The highest BCUT2D eigenvalue weighted by atomic mass is 35.5. The second-order valence-corrected chi connectivity index (χ2v) is 5.85. The zero-order valence-corrected chi connectivity index (χ0v) is 10.8. The molecule has 1 aliphatic rings. The summed E-state index contributed by atoms with van der Waals surface area (Å²) >= 11 is 7.32. The van der Waals surface area contributed by atoms with Gasteiger partial charge in [0.05, 0.1) is 0 Å². The lowest BCUT2D eigenvalue weighted by Gasteiger charge is -2.23. The number of nitrogens with two attached hydrogens (primary N) is 1. The van der Waals surface area contributed by atoms with Gasteiger partial charge in [0.25, 0.3) is 0 Å². The number of carbonyl (C=O) groups is 1. The molecule has 5 heteroatoms. The van der Waals surface area contributed by atoms with E-state index in [4.69, 9.17) is 17.3 Å². The molecule has 0 amide bonds. The number of hydrogen-bond donors (Lipinski definition) is 2. The maximum absolute atomic E-state index is 11.2. The van der Waals surface area contributed by atoms with Gasteiger partial charge in [-0.1, -0.05) is 17.7 Å². The minimum absolute atomic E-state index is 0.117. The lowest BCUT2D eigenvalue weighted by Crippen LogP contribution is -2.52. The predicted octanol–water partition coefficient (Wildman–Crippen LogP) is 2.62. The second kappa shape index (κ2) is 4.88. The Balaban J connectivity index is 2.03. The van der Waals surface area contributed by atoms with Crippen molar-refractivity contribution in [2.75, 3.05) is 5.75 Å². The van der Waals surface area contributed by atoms with Crippen LogP contribution in [0, 0.1) is 5.92 Å². The summed E-state index contributed by atoms with van der Waals surface area (Å²) in [4.78, 5) is 12.2. The van der Waals surface area contributed by atoms with Gasteiger partial charge in [-0.25, -0.2) is 0 Å². The van der Waals surface area contributed by atoms with Crippen LogP contribution in [0.3, 0.4) is 0 Å². The van der Waals surface area contributed by atoms with Crippen LogP contribution in [0.5, 0.6) is 0 Å². The van der Waals surface area contributed by atoms with E-state index in [1.807, 2.05) is 18.2 Å². The maximum Gasteiger partial charge on any atom is 0.324 e. The molecule has 92 valence electrons. The normalized spacial score (nSPS) is 18.7. The minimum atomic E-state index is -1.10. The highest BCUT2D eigenvalue weighted by molar-refractivity contribution is 7.99. The Morgan fingerprint density at radius 2 is 2.29 bits per heavy atom. The Kier molecular flexibility index (Phi) is 3.66. The van der Waals surface area contributed by atoms with Gasteiger partial charge in [0.15, 0.2) is 0 Å². The summed E-state index contributed by atoms with van der Waals surface area (Å²) in [6.45, 7) is 0. The summed E-state index contributed by atoms with van der Waals surface area (Å²) in [5.41, 5.74) is 4.87. The van der Waals surface area contributed by atoms with Crippen LogP contribution in [0.2, 0.25) is 5.02 Å². The van der Waals surface area contributed by atoms with Crippen LogP contribution in [-0.4, -0.2) is 22.4 Å². The topological polar surface area (TPSA) is 63.3 Å². The van der Waals surface area contributed by atoms with Crippen molar-refractivity contribution in [3.05, 3.63) is 29.3 Å². The van der Waals surface area contributed by atoms with E-state index < -0.39 is 11.5 Å². The van der Waals surface area contributed by atoms with Crippen molar-refractivity contribution in [3.8, 4) is 0 Å². The van der Waals surface area contributed by atoms with E-state index in [-0.39, 0.29) is 5.92 Å². The SMILES string of the molecule is NC(CSc1cccc(Cl)c1)(C(=O)O)C1CC1. The van der Waals surface area contributed by atoms with Crippen LogP contribution in [-0.2, 0) is 4.79 Å². The molecule has 0 heterocycles. The molecule has 1 unspecified atom stereocenters. The molecule has 1 aliphatic carbocycles. The maximum atomic E-state index is 11.2. The molecule has 3 N–H and O–H groups in total. The summed E-state index contributed by atoms with van der Waals surface area (Å²) < 4.78 is 0. The van der Waals surface area contributed by atoms with Crippen LogP contribution in [0.1, 0.15) is 12.8 Å². The summed E-state index contributed by atoms with van der Waals surface area (Å²) in [5, 5.41) is 9.86. The van der Waals surface area contributed by atoms with Crippen molar-refractivity contribution < 1.29 is 9.90 Å². The molecular weight excluding hydrogens is 258 g/mol. The number of thioether (sulfide) groups is 1. The number of benzene rings is 1. The fourth-order valence-electron chi connectivity index (χ4n) is 1.71. The highest BCUT2D eigenvalue weighted by Crippen LogP contribution is 2.41. The highest BCUT2D eigenvalue weighted by Gasteiger charge is 2.48. The Bertz CT molecular complexity index is 436. The van der Waals surface area contributed by atoms with E-state index >= 15 is 0 Å². The first kappa shape index (κ1) is 12.7. The zero-order valence-electron chi connectivity index (χ0n) is 9.23. The fourth-order valence-corrected chi connectivity index (χ4v) is 3.12. The van der Waals surface area contributed by atoms with Crippen molar-refractivity contribution in [3.63, 3.8) is 0 Å². The minimum Gasteiger partial charge on any atom is -0.480 e. The molecule has 2 rings (SSSR count). The van der Waals surface area contributed by atoms with Gasteiger partial charge in [0, 0.05) is 15.7 Å². The molecular formula is C12H14ClNO2S. The molecule has 1 saturated carbocycles. The molecule has 1 aromatic rings. The predicted molar refractivity (Wildman–Crippen MR) is 69.5 cm³/mol. The van der Waals surface area contributed by atoms with Gasteiger partial charge in [-0.15, -0.1) is 11.8 Å². The average Bonchev–Trinajstić information content (AvgIpc) is 3.09. The average molecular weight is 272 g/mol. The van der Waals surface area contributed by atoms with Crippen LogP contribution < -0.4 is 5.73 Å². The van der Waals surface area contributed by atoms with Gasteiger partial charge in [-0.3, -0.25) is 4.79 Å². The first-order valence-corrected chi connectivity index (χ1v) is 6.79. The van der Waals surface area contributed by atoms with Crippen LogP contribution in [0.15, 0.2) is 29.2 Å². The van der Waals surface area contributed by atoms with Crippen LogP contribution >= 0.6 is 23.4 Å². The molecule has 0 aliphatic heterocycles. The van der Waals surface area contributed by atoms with E-state index in [1.165, 1.54) is 11.8 Å². The third-order valence-corrected chi connectivity index (χ3v) is 4.42. The Hall–Kier alpha value is -0.710. The summed E-state index contributed by atoms with van der Waals surface area (Å²) in [7, 11) is 0. The number of carboxylic acid groups (broad SMARTS) is 1. The fraction of sp³-hybridized carbons (Fsp3) is 0.417. The van der Waals surface area contributed by atoms with E-state index in [0.29, 0.717) is 10.8 Å². The van der Waals surface area contributed by atoms with E-state index in [9.17, 15) is 9.90 Å². The number of carboxylic acids is 1. The van der Waals surface area contributed by atoms with Crippen molar-refractivity contribution >= 4 is 29.3 Å². The number of rotatable bonds is 5. The van der Waals surface area contributed by atoms with Crippen molar-refractivity contribution in [2.45, 2.75) is 23.3 Å². The molecule has 1 fully saturated rings. The number of halogens is 1. The van der Waals surface area contributed by atoms with Gasteiger partial charge in [0.1, 0.15) is 5.54 Å². The third kappa shape index (κ3) is 2.94. The molecule has 17 heavy (non-hydrogen) atoms. The molecule has 0 bridgehead atoms. The van der Waals surface area contributed by atoms with Gasteiger partial charge < -0.3 is 10.8 Å². The van der Waals surface area contributed by atoms with Gasteiger partial charge in [-0.2, -0.15) is 0 Å². The second-order valence-electron chi connectivity index (χ2n) is 4.37. The zero-order chi connectivity index (χ0) is 12.5. The van der Waals surface area contributed by atoms with E-state index in [0.717, 1.165) is 17.7 Å². The Morgan fingerprint density at radius 1 is 1.59 bits per heavy atom. The molecule has 3 nitrogen and oxygen atoms in total. The van der Waals surface area contributed by atoms with Crippen molar-refractivity contribution in [1.82, 2.24) is 0 Å². The first-order chi connectivity index (χ1) is 8.02. The van der Waals surface area contributed by atoms with Gasteiger partial charge in [0.2, 0.25) is 0 Å².